The maximum atomic E-state index is 13.0. The van der Waals surface area contributed by atoms with Crippen molar-refractivity contribution in [3.05, 3.63) is 47.7 Å². The molecule has 0 aliphatic carbocycles. The molecule has 1 aromatic carbocycles. The number of carbonyl (C=O) groups excluding carboxylic acids is 1. The van der Waals surface area contributed by atoms with Crippen LogP contribution in [-0.2, 0) is 11.3 Å². The van der Waals surface area contributed by atoms with E-state index in [4.69, 9.17) is 0 Å². The molecular weight excluding hydrogens is 281 g/mol. The summed E-state index contributed by atoms with van der Waals surface area (Å²) >= 11 is 0. The molecule has 0 aliphatic heterocycles. The van der Waals surface area contributed by atoms with Crippen molar-refractivity contribution in [2.24, 2.45) is 0 Å². The highest BCUT2D eigenvalue weighted by Gasteiger charge is 2.34. The zero-order chi connectivity index (χ0) is 15.9. The Kier molecular flexibility index (Phi) is 6.27. The van der Waals surface area contributed by atoms with Crippen molar-refractivity contribution in [3.8, 4) is 0 Å². The van der Waals surface area contributed by atoms with E-state index < -0.39 is 17.8 Å². The molecule has 0 aromatic heterocycles. The summed E-state index contributed by atoms with van der Waals surface area (Å²) < 4.78 is 38.9. The predicted molar refractivity (Wildman–Crippen MR) is 75.3 cm³/mol. The molecule has 0 fully saturated rings. The lowest BCUT2D eigenvalue weighted by Gasteiger charge is -2.19. The van der Waals surface area contributed by atoms with E-state index in [2.05, 4.69) is 5.32 Å². The second kappa shape index (κ2) is 7.71. The number of hydrogen-bond acceptors (Lipinski definition) is 2. The molecule has 116 valence electrons. The quantitative estimate of drug-likeness (QED) is 0.819. The highest BCUT2D eigenvalue weighted by molar-refractivity contribution is 5.88. The number of hydrogen-bond donors (Lipinski definition) is 1. The predicted octanol–water partition coefficient (Wildman–Crippen LogP) is 3.09. The lowest BCUT2D eigenvalue weighted by Crippen LogP contribution is -2.33. The Morgan fingerprint density at radius 3 is 2.24 bits per heavy atom. The largest absolute Gasteiger partial charge is 0.431 e. The van der Waals surface area contributed by atoms with Crippen LogP contribution in [0.5, 0.6) is 0 Å². The first-order valence-corrected chi connectivity index (χ1v) is 6.74. The van der Waals surface area contributed by atoms with Crippen molar-refractivity contribution >= 4 is 5.91 Å². The number of nitrogens with one attached hydrogen (secondary N) is 1. The minimum Gasteiger partial charge on any atom is -0.377 e. The fourth-order valence-corrected chi connectivity index (χ4v) is 1.78. The molecule has 21 heavy (non-hydrogen) atoms. The fourth-order valence-electron chi connectivity index (χ4n) is 1.78. The molecule has 0 radical (unpaired) electrons. The number of rotatable bonds is 6. The van der Waals surface area contributed by atoms with Gasteiger partial charge in [0.1, 0.15) is 5.70 Å². The normalized spacial score (nSPS) is 12.1. The van der Waals surface area contributed by atoms with Crippen molar-refractivity contribution in [2.45, 2.75) is 26.6 Å². The summed E-state index contributed by atoms with van der Waals surface area (Å²) in [7, 11) is 0. The SMILES string of the molecule is CCN(CC)C(=O)/C=C(/NCc1ccccc1)C(F)(F)F. The Bertz CT molecular complexity index is 479. The summed E-state index contributed by atoms with van der Waals surface area (Å²) in [5.41, 5.74) is -0.314. The second-order valence-corrected chi connectivity index (χ2v) is 4.41. The standard InChI is InChI=1S/C15H19F3N2O/c1-3-20(4-2)14(21)10-13(15(16,17)18)19-11-12-8-6-5-7-9-12/h5-10,19H,3-4,11H2,1-2H3/b13-10+. The Morgan fingerprint density at radius 2 is 1.76 bits per heavy atom. The summed E-state index contributed by atoms with van der Waals surface area (Å²) in [6, 6.07) is 8.71. The molecule has 6 heteroatoms. The molecule has 0 spiro atoms. The van der Waals surface area contributed by atoms with E-state index in [0.29, 0.717) is 24.7 Å². The van der Waals surface area contributed by atoms with Crippen LogP contribution in [0.3, 0.4) is 0 Å². The molecule has 1 rings (SSSR count). The molecule has 0 heterocycles. The van der Waals surface area contributed by atoms with Gasteiger partial charge >= 0.3 is 6.18 Å². The van der Waals surface area contributed by atoms with Gasteiger partial charge in [-0.2, -0.15) is 13.2 Å². The van der Waals surface area contributed by atoms with Crippen LogP contribution in [-0.4, -0.2) is 30.1 Å². The monoisotopic (exact) mass is 300 g/mol. The highest BCUT2D eigenvalue weighted by Crippen LogP contribution is 2.24. The van der Waals surface area contributed by atoms with Crippen LogP contribution >= 0.6 is 0 Å². The average molecular weight is 300 g/mol. The topological polar surface area (TPSA) is 32.3 Å². The van der Waals surface area contributed by atoms with Crippen LogP contribution in [0.25, 0.3) is 0 Å². The molecule has 0 aliphatic rings. The van der Waals surface area contributed by atoms with Crippen LogP contribution in [0, 0.1) is 0 Å². The first-order chi connectivity index (χ1) is 9.88. The number of alkyl halides is 3. The molecule has 0 saturated heterocycles. The number of carbonyl (C=O) groups is 1. The maximum Gasteiger partial charge on any atom is 0.431 e. The highest BCUT2D eigenvalue weighted by atomic mass is 19.4. The van der Waals surface area contributed by atoms with Gasteiger partial charge < -0.3 is 10.2 Å². The third kappa shape index (κ3) is 5.49. The third-order valence-corrected chi connectivity index (χ3v) is 2.97. The van der Waals surface area contributed by atoms with Gasteiger partial charge in [0.25, 0.3) is 0 Å². The van der Waals surface area contributed by atoms with Gasteiger partial charge in [-0.1, -0.05) is 30.3 Å². The number of nitrogens with zero attached hydrogens (tertiary/aromatic N) is 1. The van der Waals surface area contributed by atoms with E-state index in [1.165, 1.54) is 4.90 Å². The molecule has 3 nitrogen and oxygen atoms in total. The van der Waals surface area contributed by atoms with Crippen molar-refractivity contribution in [2.75, 3.05) is 13.1 Å². The number of likely N-dealkylation sites (N-methyl/N-ethyl adjacent to an activating group) is 1. The minimum atomic E-state index is -4.59. The average Bonchev–Trinajstić information content (AvgIpc) is 2.44. The number of benzene rings is 1. The molecule has 1 amide bonds. The van der Waals surface area contributed by atoms with Crippen LogP contribution in [0.4, 0.5) is 13.2 Å². The first kappa shape index (κ1) is 17.1. The lowest BCUT2D eigenvalue weighted by molar-refractivity contribution is -0.127. The van der Waals surface area contributed by atoms with Gasteiger partial charge in [0.15, 0.2) is 0 Å². The van der Waals surface area contributed by atoms with Gasteiger partial charge in [-0.15, -0.1) is 0 Å². The van der Waals surface area contributed by atoms with Gasteiger partial charge in [-0.05, 0) is 19.4 Å². The fraction of sp³-hybridized carbons (Fsp3) is 0.400. The van der Waals surface area contributed by atoms with Crippen LogP contribution < -0.4 is 5.32 Å². The smallest absolute Gasteiger partial charge is 0.377 e. The van der Waals surface area contributed by atoms with Crippen LogP contribution in [0.15, 0.2) is 42.1 Å². The summed E-state index contributed by atoms with van der Waals surface area (Å²) in [6.45, 7) is 4.20. The molecular formula is C15H19F3N2O. The molecule has 1 N–H and O–H groups in total. The summed E-state index contributed by atoms with van der Waals surface area (Å²) in [4.78, 5) is 13.1. The van der Waals surface area contributed by atoms with Crippen molar-refractivity contribution in [3.63, 3.8) is 0 Å². The Morgan fingerprint density at radius 1 is 1.19 bits per heavy atom. The maximum absolute atomic E-state index is 13.0. The Labute approximate surface area is 122 Å². The first-order valence-electron chi connectivity index (χ1n) is 6.74. The second-order valence-electron chi connectivity index (χ2n) is 4.41. The Balaban J connectivity index is 2.84. The van der Waals surface area contributed by atoms with Crippen LogP contribution in [0.1, 0.15) is 19.4 Å². The molecule has 0 saturated carbocycles. The summed E-state index contributed by atoms with van der Waals surface area (Å²) in [5.74, 6) is -0.645. The third-order valence-electron chi connectivity index (χ3n) is 2.97. The molecule has 0 bridgehead atoms. The lowest BCUT2D eigenvalue weighted by atomic mass is 10.2. The van der Waals surface area contributed by atoms with E-state index in [1.807, 2.05) is 0 Å². The minimum absolute atomic E-state index is 0.0116. The van der Waals surface area contributed by atoms with E-state index in [9.17, 15) is 18.0 Å². The van der Waals surface area contributed by atoms with E-state index in [0.717, 1.165) is 0 Å². The molecule has 0 atom stereocenters. The van der Waals surface area contributed by atoms with Gasteiger partial charge in [-0.3, -0.25) is 4.79 Å². The summed E-state index contributed by atoms with van der Waals surface area (Å²) in [6.07, 6.45) is -3.96. The zero-order valence-corrected chi connectivity index (χ0v) is 12.1. The van der Waals surface area contributed by atoms with Gasteiger partial charge in [0.05, 0.1) is 0 Å². The van der Waals surface area contributed by atoms with Gasteiger partial charge in [0.2, 0.25) is 5.91 Å². The Hall–Kier alpha value is -1.98. The molecule has 1 aromatic rings. The van der Waals surface area contributed by atoms with E-state index in [-0.39, 0.29) is 6.54 Å². The number of amides is 1. The zero-order valence-electron chi connectivity index (χ0n) is 12.1. The van der Waals surface area contributed by atoms with Crippen molar-refractivity contribution in [1.82, 2.24) is 10.2 Å². The van der Waals surface area contributed by atoms with Crippen molar-refractivity contribution < 1.29 is 18.0 Å². The number of halogens is 3. The van der Waals surface area contributed by atoms with E-state index in [1.54, 1.807) is 44.2 Å². The van der Waals surface area contributed by atoms with Crippen LogP contribution in [0.2, 0.25) is 0 Å². The summed E-state index contributed by atoms with van der Waals surface area (Å²) in [5, 5.41) is 2.30. The van der Waals surface area contributed by atoms with Crippen molar-refractivity contribution in [1.29, 1.82) is 0 Å². The van der Waals surface area contributed by atoms with E-state index >= 15 is 0 Å². The number of allylic oxidation sites excluding steroid dienone is 1. The van der Waals surface area contributed by atoms with Gasteiger partial charge in [0, 0.05) is 25.7 Å². The molecule has 0 unspecified atom stereocenters. The van der Waals surface area contributed by atoms with Gasteiger partial charge in [-0.25, -0.2) is 0 Å².